The third-order valence-corrected chi connectivity index (χ3v) is 2.58. The van der Waals surface area contributed by atoms with Crippen LogP contribution < -0.4 is 0 Å². The van der Waals surface area contributed by atoms with Gasteiger partial charge in [0.1, 0.15) is 13.2 Å². The molecule has 7 nitrogen and oxygen atoms in total. The number of rotatable bonds is 8. The summed E-state index contributed by atoms with van der Waals surface area (Å²) in [5.74, 6) is -1.18. The number of aliphatic hydroxyl groups excluding tert-OH is 1. The van der Waals surface area contributed by atoms with Crippen molar-refractivity contribution in [2.45, 2.75) is 12.7 Å². The van der Waals surface area contributed by atoms with Crippen LogP contribution in [0.1, 0.15) is 5.56 Å². The van der Waals surface area contributed by atoms with E-state index in [-0.39, 0.29) is 19.8 Å². The van der Waals surface area contributed by atoms with Gasteiger partial charge in [-0.15, -0.1) is 0 Å². The van der Waals surface area contributed by atoms with Crippen LogP contribution in [0.15, 0.2) is 30.3 Å². The highest BCUT2D eigenvalue weighted by atomic mass is 16.6. The lowest BCUT2D eigenvalue weighted by Gasteiger charge is -2.22. The topological polar surface area (TPSA) is 96.3 Å². The van der Waals surface area contributed by atoms with Crippen LogP contribution in [0, 0.1) is 0 Å². The Labute approximate surface area is 122 Å². The van der Waals surface area contributed by atoms with Crippen LogP contribution >= 0.6 is 0 Å². The molecule has 1 unspecified atom stereocenters. The van der Waals surface area contributed by atoms with Crippen molar-refractivity contribution in [1.29, 1.82) is 0 Å². The van der Waals surface area contributed by atoms with Gasteiger partial charge < -0.3 is 19.7 Å². The average molecular weight is 297 g/mol. The van der Waals surface area contributed by atoms with E-state index in [9.17, 15) is 14.7 Å². The van der Waals surface area contributed by atoms with E-state index in [2.05, 4.69) is 0 Å². The van der Waals surface area contributed by atoms with E-state index in [1.165, 1.54) is 7.11 Å². The van der Waals surface area contributed by atoms with Gasteiger partial charge in [0.25, 0.3) is 0 Å². The van der Waals surface area contributed by atoms with Crippen molar-refractivity contribution in [1.82, 2.24) is 4.90 Å². The number of methoxy groups -OCH3 is 1. The Morgan fingerprint density at radius 1 is 1.29 bits per heavy atom. The molecule has 21 heavy (non-hydrogen) atoms. The average Bonchev–Trinajstić information content (AvgIpc) is 2.45. The number of aliphatic hydroxyl groups is 1. The van der Waals surface area contributed by atoms with Crippen LogP contribution in [-0.2, 0) is 20.9 Å². The molecule has 0 aliphatic rings. The van der Waals surface area contributed by atoms with Crippen LogP contribution in [0.5, 0.6) is 0 Å². The molecule has 0 spiro atoms. The molecule has 0 saturated carbocycles. The number of carbonyl (C=O) groups excluding carboxylic acids is 1. The molecular weight excluding hydrogens is 278 g/mol. The van der Waals surface area contributed by atoms with Crippen molar-refractivity contribution in [2.75, 3.05) is 26.8 Å². The van der Waals surface area contributed by atoms with Crippen LogP contribution in [0.25, 0.3) is 0 Å². The summed E-state index contributed by atoms with van der Waals surface area (Å²) in [6.45, 7) is -0.680. The fourth-order valence-electron chi connectivity index (χ4n) is 1.68. The largest absolute Gasteiger partial charge is 0.480 e. The number of hydrogen-bond donors (Lipinski definition) is 2. The van der Waals surface area contributed by atoms with Crippen molar-refractivity contribution in [3.8, 4) is 0 Å². The first-order chi connectivity index (χ1) is 10.0. The van der Waals surface area contributed by atoms with Gasteiger partial charge in [-0.1, -0.05) is 30.3 Å². The summed E-state index contributed by atoms with van der Waals surface area (Å²) in [5, 5.41) is 18.4. The van der Waals surface area contributed by atoms with E-state index < -0.39 is 24.7 Å². The van der Waals surface area contributed by atoms with Gasteiger partial charge in [0.05, 0.1) is 19.3 Å². The first kappa shape index (κ1) is 16.9. The molecule has 1 amide bonds. The quantitative estimate of drug-likeness (QED) is 0.734. The summed E-state index contributed by atoms with van der Waals surface area (Å²) in [4.78, 5) is 23.6. The molecule has 0 radical (unpaired) electrons. The van der Waals surface area contributed by atoms with Crippen molar-refractivity contribution >= 4 is 12.1 Å². The standard InChI is InChI=1S/C14H19NO6/c1-20-10-12(16)7-15(8-13(17)18)14(19)21-9-11-5-3-2-4-6-11/h2-6,12,16H,7-10H2,1H3,(H,17,18). The highest BCUT2D eigenvalue weighted by Gasteiger charge is 2.21. The number of carboxylic acids is 1. The molecule has 0 aliphatic carbocycles. The molecule has 0 aliphatic heterocycles. The van der Waals surface area contributed by atoms with Gasteiger partial charge in [0, 0.05) is 7.11 Å². The monoisotopic (exact) mass is 297 g/mol. The molecule has 2 N–H and O–H groups in total. The van der Waals surface area contributed by atoms with Gasteiger partial charge >= 0.3 is 12.1 Å². The summed E-state index contributed by atoms with van der Waals surface area (Å²) in [5.41, 5.74) is 0.790. The van der Waals surface area contributed by atoms with Gasteiger partial charge in [-0.2, -0.15) is 0 Å². The van der Waals surface area contributed by atoms with Crippen molar-refractivity contribution in [3.05, 3.63) is 35.9 Å². The SMILES string of the molecule is COCC(O)CN(CC(=O)O)C(=O)OCc1ccccc1. The van der Waals surface area contributed by atoms with Crippen molar-refractivity contribution < 1.29 is 29.3 Å². The van der Waals surface area contributed by atoms with Gasteiger partial charge in [-0.3, -0.25) is 9.69 Å². The van der Waals surface area contributed by atoms with Gasteiger partial charge in [-0.25, -0.2) is 4.79 Å². The first-order valence-corrected chi connectivity index (χ1v) is 6.37. The summed E-state index contributed by atoms with van der Waals surface area (Å²) in [7, 11) is 1.40. The number of ether oxygens (including phenoxy) is 2. The second-order valence-electron chi connectivity index (χ2n) is 4.42. The number of nitrogens with zero attached hydrogens (tertiary/aromatic N) is 1. The second kappa shape index (κ2) is 8.93. The lowest BCUT2D eigenvalue weighted by Crippen LogP contribution is -2.42. The Morgan fingerprint density at radius 3 is 2.52 bits per heavy atom. The minimum absolute atomic E-state index is 0.00207. The fraction of sp³-hybridized carbons (Fsp3) is 0.429. The lowest BCUT2D eigenvalue weighted by atomic mass is 10.2. The highest BCUT2D eigenvalue weighted by molar-refractivity contribution is 5.76. The van der Waals surface area contributed by atoms with E-state index in [4.69, 9.17) is 14.6 Å². The third kappa shape index (κ3) is 6.73. The van der Waals surface area contributed by atoms with Gasteiger partial charge in [0.2, 0.25) is 0 Å². The predicted molar refractivity (Wildman–Crippen MR) is 73.7 cm³/mol. The molecule has 0 aromatic heterocycles. The van der Waals surface area contributed by atoms with E-state index in [0.29, 0.717) is 0 Å². The van der Waals surface area contributed by atoms with Crippen molar-refractivity contribution in [3.63, 3.8) is 0 Å². The van der Waals surface area contributed by atoms with Crippen LogP contribution in [0.4, 0.5) is 4.79 Å². The van der Waals surface area contributed by atoms with Crippen LogP contribution in [0.2, 0.25) is 0 Å². The Bertz CT molecular complexity index is 450. The summed E-state index contributed by atoms with van der Waals surface area (Å²) in [6, 6.07) is 9.02. The highest BCUT2D eigenvalue weighted by Crippen LogP contribution is 2.04. The van der Waals surface area contributed by atoms with E-state index >= 15 is 0 Å². The van der Waals surface area contributed by atoms with Gasteiger partial charge in [-0.05, 0) is 5.56 Å². The zero-order valence-electron chi connectivity index (χ0n) is 11.8. The lowest BCUT2D eigenvalue weighted by molar-refractivity contribution is -0.138. The van der Waals surface area contributed by atoms with Gasteiger partial charge in [0.15, 0.2) is 0 Å². The number of amides is 1. The molecule has 1 rings (SSSR count). The van der Waals surface area contributed by atoms with E-state index in [0.717, 1.165) is 10.5 Å². The number of carbonyl (C=O) groups is 2. The first-order valence-electron chi connectivity index (χ1n) is 6.37. The van der Waals surface area contributed by atoms with Crippen LogP contribution in [0.3, 0.4) is 0 Å². The molecule has 1 atom stereocenters. The number of benzene rings is 1. The number of carboxylic acid groups (broad SMARTS) is 1. The zero-order chi connectivity index (χ0) is 15.7. The zero-order valence-corrected chi connectivity index (χ0v) is 11.8. The normalized spacial score (nSPS) is 11.7. The maximum absolute atomic E-state index is 11.9. The van der Waals surface area contributed by atoms with E-state index in [1.54, 1.807) is 24.3 Å². The summed E-state index contributed by atoms with van der Waals surface area (Å²) < 4.78 is 9.78. The maximum atomic E-state index is 11.9. The van der Waals surface area contributed by atoms with Crippen molar-refractivity contribution in [2.24, 2.45) is 0 Å². The number of hydrogen-bond acceptors (Lipinski definition) is 5. The molecule has 7 heteroatoms. The second-order valence-corrected chi connectivity index (χ2v) is 4.42. The molecule has 1 aromatic rings. The maximum Gasteiger partial charge on any atom is 0.410 e. The number of aliphatic carboxylic acids is 1. The molecule has 1 aromatic carbocycles. The fourth-order valence-corrected chi connectivity index (χ4v) is 1.68. The van der Waals surface area contributed by atoms with E-state index in [1.807, 2.05) is 6.07 Å². The summed E-state index contributed by atoms with van der Waals surface area (Å²) >= 11 is 0. The smallest absolute Gasteiger partial charge is 0.410 e. The molecule has 0 saturated heterocycles. The molecule has 0 bridgehead atoms. The molecule has 0 fully saturated rings. The minimum Gasteiger partial charge on any atom is -0.480 e. The minimum atomic E-state index is -1.18. The Kier molecular flexibility index (Phi) is 7.20. The summed E-state index contributed by atoms with van der Waals surface area (Å²) in [6.07, 6.45) is -1.77. The Hall–Kier alpha value is -2.12. The molecule has 0 heterocycles. The molecule has 116 valence electrons. The predicted octanol–water partition coefficient (Wildman–Crippen LogP) is 0.717. The molecular formula is C14H19NO6. The third-order valence-electron chi connectivity index (χ3n) is 2.58. The van der Waals surface area contributed by atoms with Crippen LogP contribution in [-0.4, -0.2) is 60.1 Å². The Morgan fingerprint density at radius 2 is 1.95 bits per heavy atom. The Balaban J connectivity index is 2.55.